The number of ether oxygens (including phenoxy) is 2. The van der Waals surface area contributed by atoms with E-state index in [1.54, 1.807) is 6.92 Å². The number of nitrogens with one attached hydrogen (secondary N) is 2. The van der Waals surface area contributed by atoms with E-state index in [0.29, 0.717) is 13.2 Å². The van der Waals surface area contributed by atoms with Gasteiger partial charge in [-0.2, -0.15) is 13.2 Å². The van der Waals surface area contributed by atoms with Crippen molar-refractivity contribution in [1.82, 2.24) is 5.32 Å². The standard InChI is InChI=1S/C14H19F3N2O3/c1-3-22-12-5-4-10(14(15,16)17)8-11(12)19-13(20)9-18-6-7-21-2/h4-5,8,18H,3,6-7,9H2,1-2H3,(H,19,20). The van der Waals surface area contributed by atoms with E-state index < -0.39 is 17.6 Å². The van der Waals surface area contributed by atoms with Gasteiger partial charge in [0.2, 0.25) is 5.91 Å². The first-order valence-electron chi connectivity index (χ1n) is 6.72. The van der Waals surface area contributed by atoms with Crippen LogP contribution >= 0.6 is 0 Å². The van der Waals surface area contributed by atoms with E-state index in [1.807, 2.05) is 0 Å². The van der Waals surface area contributed by atoms with Gasteiger partial charge in [-0.3, -0.25) is 4.79 Å². The lowest BCUT2D eigenvalue weighted by Crippen LogP contribution is -2.30. The second-order valence-corrected chi connectivity index (χ2v) is 4.36. The molecule has 2 N–H and O–H groups in total. The topological polar surface area (TPSA) is 59.6 Å². The largest absolute Gasteiger partial charge is 0.492 e. The van der Waals surface area contributed by atoms with Gasteiger partial charge in [0.05, 0.1) is 31.0 Å². The molecule has 0 aliphatic carbocycles. The summed E-state index contributed by atoms with van der Waals surface area (Å²) in [4.78, 5) is 11.7. The minimum atomic E-state index is -4.49. The molecule has 5 nitrogen and oxygen atoms in total. The molecule has 0 radical (unpaired) electrons. The zero-order valence-corrected chi connectivity index (χ0v) is 12.4. The Kier molecular flexibility index (Phi) is 7.13. The first-order valence-corrected chi connectivity index (χ1v) is 6.72. The van der Waals surface area contributed by atoms with Crippen LogP contribution in [0.4, 0.5) is 18.9 Å². The summed E-state index contributed by atoms with van der Waals surface area (Å²) in [7, 11) is 1.53. The number of hydrogen-bond acceptors (Lipinski definition) is 4. The summed E-state index contributed by atoms with van der Waals surface area (Å²) in [6.45, 7) is 2.84. The van der Waals surface area contributed by atoms with Crippen LogP contribution in [-0.4, -0.2) is 39.3 Å². The normalized spacial score (nSPS) is 11.3. The summed E-state index contributed by atoms with van der Waals surface area (Å²) in [5.41, 5.74) is -0.853. The van der Waals surface area contributed by atoms with Gasteiger partial charge in [-0.05, 0) is 25.1 Å². The molecule has 0 unspecified atom stereocenters. The highest BCUT2D eigenvalue weighted by Gasteiger charge is 2.31. The molecular weight excluding hydrogens is 301 g/mol. The molecule has 8 heteroatoms. The van der Waals surface area contributed by atoms with Crippen LogP contribution < -0.4 is 15.4 Å². The van der Waals surface area contributed by atoms with Crippen LogP contribution in [-0.2, 0) is 15.7 Å². The Hall–Kier alpha value is -1.80. The van der Waals surface area contributed by atoms with Gasteiger partial charge >= 0.3 is 6.18 Å². The maximum Gasteiger partial charge on any atom is 0.416 e. The Bertz CT molecular complexity index is 493. The molecule has 0 atom stereocenters. The molecule has 124 valence electrons. The highest BCUT2D eigenvalue weighted by Crippen LogP contribution is 2.35. The number of hydrogen-bond donors (Lipinski definition) is 2. The molecule has 1 amide bonds. The van der Waals surface area contributed by atoms with Crippen molar-refractivity contribution in [2.45, 2.75) is 13.1 Å². The first-order chi connectivity index (χ1) is 10.4. The third kappa shape index (κ3) is 5.90. The second-order valence-electron chi connectivity index (χ2n) is 4.36. The van der Waals surface area contributed by atoms with E-state index in [1.165, 1.54) is 13.2 Å². The fraction of sp³-hybridized carbons (Fsp3) is 0.500. The first kappa shape index (κ1) is 18.2. The highest BCUT2D eigenvalue weighted by atomic mass is 19.4. The third-order valence-corrected chi connectivity index (χ3v) is 2.65. The van der Waals surface area contributed by atoms with Crippen LogP contribution in [0.15, 0.2) is 18.2 Å². The minimum Gasteiger partial charge on any atom is -0.492 e. The number of benzene rings is 1. The van der Waals surface area contributed by atoms with Crippen LogP contribution in [0.25, 0.3) is 0 Å². The van der Waals surface area contributed by atoms with Crippen molar-refractivity contribution in [3.8, 4) is 5.75 Å². The monoisotopic (exact) mass is 320 g/mol. The Morgan fingerprint density at radius 3 is 2.64 bits per heavy atom. The summed E-state index contributed by atoms with van der Waals surface area (Å²) in [6, 6.07) is 2.97. The van der Waals surface area contributed by atoms with Crippen molar-refractivity contribution < 1.29 is 27.4 Å². The smallest absolute Gasteiger partial charge is 0.416 e. The number of rotatable bonds is 8. The predicted octanol–water partition coefficient (Wildman–Crippen LogP) is 2.28. The molecule has 0 saturated carbocycles. The lowest BCUT2D eigenvalue weighted by atomic mass is 10.1. The van der Waals surface area contributed by atoms with Crippen molar-refractivity contribution >= 4 is 11.6 Å². The predicted molar refractivity (Wildman–Crippen MR) is 76.0 cm³/mol. The number of anilines is 1. The molecule has 0 aliphatic heterocycles. The number of alkyl halides is 3. The molecule has 0 bridgehead atoms. The molecule has 0 aromatic heterocycles. The molecular formula is C14H19F3N2O3. The van der Waals surface area contributed by atoms with E-state index in [4.69, 9.17) is 9.47 Å². The number of halogens is 3. The molecule has 1 rings (SSSR count). The Morgan fingerprint density at radius 1 is 1.32 bits per heavy atom. The molecule has 0 fully saturated rings. The quantitative estimate of drug-likeness (QED) is 0.722. The molecule has 0 saturated heterocycles. The van der Waals surface area contributed by atoms with Crippen molar-refractivity contribution in [3.63, 3.8) is 0 Å². The number of methoxy groups -OCH3 is 1. The molecule has 0 aliphatic rings. The highest BCUT2D eigenvalue weighted by molar-refractivity contribution is 5.93. The zero-order chi connectivity index (χ0) is 16.6. The molecule has 0 spiro atoms. The van der Waals surface area contributed by atoms with Gasteiger partial charge in [-0.15, -0.1) is 0 Å². The van der Waals surface area contributed by atoms with Crippen LogP contribution in [0, 0.1) is 0 Å². The minimum absolute atomic E-state index is 0.00443. The van der Waals surface area contributed by atoms with E-state index in [2.05, 4.69) is 10.6 Å². The summed E-state index contributed by atoms with van der Waals surface area (Å²) in [5, 5.41) is 5.22. The van der Waals surface area contributed by atoms with Gasteiger partial charge in [0, 0.05) is 13.7 Å². The van der Waals surface area contributed by atoms with Crippen molar-refractivity contribution in [2.75, 3.05) is 38.7 Å². The van der Waals surface area contributed by atoms with Crippen LogP contribution in [0.2, 0.25) is 0 Å². The number of carbonyl (C=O) groups excluding carboxylic acids is 1. The second kappa shape index (κ2) is 8.60. The van der Waals surface area contributed by atoms with Gasteiger partial charge in [0.1, 0.15) is 5.75 Å². The van der Waals surface area contributed by atoms with E-state index >= 15 is 0 Å². The van der Waals surface area contributed by atoms with Gasteiger partial charge < -0.3 is 20.1 Å². The van der Waals surface area contributed by atoms with Gasteiger partial charge in [-0.25, -0.2) is 0 Å². The number of amides is 1. The van der Waals surface area contributed by atoms with Crippen molar-refractivity contribution in [1.29, 1.82) is 0 Å². The van der Waals surface area contributed by atoms with Crippen molar-refractivity contribution in [3.05, 3.63) is 23.8 Å². The van der Waals surface area contributed by atoms with Crippen LogP contribution in [0.3, 0.4) is 0 Å². The van der Waals surface area contributed by atoms with Crippen molar-refractivity contribution in [2.24, 2.45) is 0 Å². The summed E-state index contributed by atoms with van der Waals surface area (Å²) < 4.78 is 48.2. The Labute approximate surface area is 126 Å². The summed E-state index contributed by atoms with van der Waals surface area (Å²) >= 11 is 0. The summed E-state index contributed by atoms with van der Waals surface area (Å²) in [5.74, 6) is -0.267. The Balaban J connectivity index is 2.79. The fourth-order valence-electron chi connectivity index (χ4n) is 1.66. The average Bonchev–Trinajstić information content (AvgIpc) is 2.44. The SMILES string of the molecule is CCOc1ccc(C(F)(F)F)cc1NC(=O)CNCCOC. The van der Waals surface area contributed by atoms with E-state index in [9.17, 15) is 18.0 Å². The fourth-order valence-corrected chi connectivity index (χ4v) is 1.66. The third-order valence-electron chi connectivity index (χ3n) is 2.65. The molecule has 1 aromatic rings. The van der Waals surface area contributed by atoms with E-state index in [0.717, 1.165) is 12.1 Å². The average molecular weight is 320 g/mol. The zero-order valence-electron chi connectivity index (χ0n) is 12.4. The van der Waals surface area contributed by atoms with E-state index in [-0.39, 0.29) is 24.6 Å². The summed E-state index contributed by atoms with van der Waals surface area (Å²) in [6.07, 6.45) is -4.49. The van der Waals surface area contributed by atoms with Gasteiger partial charge in [0.25, 0.3) is 0 Å². The number of carbonyl (C=O) groups is 1. The lowest BCUT2D eigenvalue weighted by molar-refractivity contribution is -0.137. The Morgan fingerprint density at radius 2 is 2.05 bits per heavy atom. The maximum absolute atomic E-state index is 12.7. The van der Waals surface area contributed by atoms with Gasteiger partial charge in [0.15, 0.2) is 0 Å². The lowest BCUT2D eigenvalue weighted by Gasteiger charge is -2.15. The molecule has 1 aromatic carbocycles. The van der Waals surface area contributed by atoms with Crippen LogP contribution in [0.1, 0.15) is 12.5 Å². The molecule has 0 heterocycles. The molecule has 22 heavy (non-hydrogen) atoms. The van der Waals surface area contributed by atoms with Gasteiger partial charge in [-0.1, -0.05) is 0 Å². The maximum atomic E-state index is 12.7. The van der Waals surface area contributed by atoms with Crippen LogP contribution in [0.5, 0.6) is 5.75 Å².